The molecule has 0 spiro atoms. The van der Waals surface area contributed by atoms with Gasteiger partial charge < -0.3 is 9.88 Å². The molecule has 2 aromatic heterocycles. The molecule has 0 aromatic carbocycles. The lowest BCUT2D eigenvalue weighted by Gasteiger charge is -2.28. The number of nitrogens with zero attached hydrogens (tertiary/aromatic N) is 3. The third-order valence-electron chi connectivity index (χ3n) is 5.35. The number of hydrogen-bond acceptors (Lipinski definition) is 6. The van der Waals surface area contributed by atoms with E-state index >= 15 is 0 Å². The van der Waals surface area contributed by atoms with Crippen LogP contribution in [-0.4, -0.2) is 52.8 Å². The van der Waals surface area contributed by atoms with E-state index < -0.39 is 10.0 Å². The largest absolute Gasteiger partial charge is 0.332 e. The highest BCUT2D eigenvalue weighted by Gasteiger charge is 2.33. The van der Waals surface area contributed by atoms with Crippen molar-refractivity contribution in [1.82, 2.24) is 19.2 Å². The lowest BCUT2D eigenvalue weighted by Crippen LogP contribution is -2.40. The second kappa shape index (κ2) is 7.41. The van der Waals surface area contributed by atoms with Crippen LogP contribution in [-0.2, 0) is 34.2 Å². The summed E-state index contributed by atoms with van der Waals surface area (Å²) in [5.74, 6) is 0.467. The Morgan fingerprint density at radius 3 is 2.93 bits per heavy atom. The SMILES string of the molecule is CS(=O)(=O)N1CCc2c(nc(C3CCCN3C(=O)Cc3ccsc3)[nH]c2=O)C1. The highest BCUT2D eigenvalue weighted by molar-refractivity contribution is 7.88. The van der Waals surface area contributed by atoms with Gasteiger partial charge in [-0.2, -0.15) is 15.6 Å². The summed E-state index contributed by atoms with van der Waals surface area (Å²) in [4.78, 5) is 34.6. The van der Waals surface area contributed by atoms with Gasteiger partial charge >= 0.3 is 0 Å². The molecule has 1 saturated heterocycles. The van der Waals surface area contributed by atoms with E-state index in [0.29, 0.717) is 36.5 Å². The summed E-state index contributed by atoms with van der Waals surface area (Å²) in [5.41, 5.74) is 1.78. The van der Waals surface area contributed by atoms with Crippen LogP contribution in [0.5, 0.6) is 0 Å². The Hall–Kier alpha value is -2.04. The maximum absolute atomic E-state index is 12.8. The van der Waals surface area contributed by atoms with Crippen LogP contribution >= 0.6 is 11.3 Å². The van der Waals surface area contributed by atoms with E-state index in [4.69, 9.17) is 0 Å². The van der Waals surface area contributed by atoms with Gasteiger partial charge in [0.05, 0.1) is 31.0 Å². The van der Waals surface area contributed by atoms with E-state index in [1.165, 1.54) is 4.31 Å². The monoisotopic (exact) mass is 422 g/mol. The first-order chi connectivity index (χ1) is 13.3. The van der Waals surface area contributed by atoms with E-state index in [1.54, 1.807) is 16.2 Å². The van der Waals surface area contributed by atoms with E-state index in [2.05, 4.69) is 9.97 Å². The molecule has 4 heterocycles. The molecule has 0 bridgehead atoms. The molecule has 1 fully saturated rings. The summed E-state index contributed by atoms with van der Waals surface area (Å²) < 4.78 is 25.1. The molecule has 28 heavy (non-hydrogen) atoms. The van der Waals surface area contributed by atoms with E-state index in [1.807, 2.05) is 16.8 Å². The molecule has 2 aromatic rings. The predicted molar refractivity (Wildman–Crippen MR) is 106 cm³/mol. The zero-order valence-electron chi connectivity index (χ0n) is 15.6. The normalized spacial score (nSPS) is 20.3. The van der Waals surface area contributed by atoms with E-state index in [0.717, 1.165) is 24.7 Å². The Morgan fingerprint density at radius 1 is 1.39 bits per heavy atom. The number of hydrogen-bond donors (Lipinski definition) is 1. The lowest BCUT2D eigenvalue weighted by atomic mass is 10.1. The molecule has 0 aliphatic carbocycles. The number of aromatic amines is 1. The number of rotatable bonds is 4. The van der Waals surface area contributed by atoms with Gasteiger partial charge in [0, 0.05) is 18.7 Å². The van der Waals surface area contributed by atoms with Gasteiger partial charge in [0.1, 0.15) is 5.82 Å². The maximum atomic E-state index is 12.8. The summed E-state index contributed by atoms with van der Waals surface area (Å²) in [6.07, 6.45) is 3.41. The Morgan fingerprint density at radius 2 is 2.21 bits per heavy atom. The van der Waals surface area contributed by atoms with Crippen molar-refractivity contribution in [2.45, 2.75) is 38.3 Å². The maximum Gasteiger partial charge on any atom is 0.254 e. The number of likely N-dealkylation sites (tertiary alicyclic amines) is 1. The minimum Gasteiger partial charge on any atom is -0.332 e. The number of nitrogens with one attached hydrogen (secondary N) is 1. The number of amides is 1. The molecule has 2 aliphatic heterocycles. The first kappa shape index (κ1) is 19.3. The smallest absolute Gasteiger partial charge is 0.254 e. The number of carbonyl (C=O) groups is 1. The number of sulfonamides is 1. The highest BCUT2D eigenvalue weighted by atomic mass is 32.2. The Labute approximate surface area is 167 Å². The van der Waals surface area contributed by atoms with Crippen LogP contribution in [0.15, 0.2) is 21.6 Å². The molecular weight excluding hydrogens is 400 g/mol. The lowest BCUT2D eigenvalue weighted by molar-refractivity contribution is -0.131. The molecule has 0 radical (unpaired) electrons. The van der Waals surface area contributed by atoms with Crippen LogP contribution in [0.4, 0.5) is 0 Å². The quantitative estimate of drug-likeness (QED) is 0.793. The first-order valence-electron chi connectivity index (χ1n) is 9.20. The van der Waals surface area contributed by atoms with Gasteiger partial charge in [0.2, 0.25) is 15.9 Å². The molecule has 4 rings (SSSR count). The van der Waals surface area contributed by atoms with Crippen molar-refractivity contribution >= 4 is 27.3 Å². The van der Waals surface area contributed by atoms with E-state index in [-0.39, 0.29) is 30.6 Å². The van der Waals surface area contributed by atoms with Crippen molar-refractivity contribution in [2.75, 3.05) is 19.3 Å². The molecule has 1 amide bonds. The van der Waals surface area contributed by atoms with Gasteiger partial charge in [0.25, 0.3) is 5.56 Å². The fourth-order valence-electron chi connectivity index (χ4n) is 3.89. The highest BCUT2D eigenvalue weighted by Crippen LogP contribution is 2.31. The molecule has 10 heteroatoms. The predicted octanol–water partition coefficient (Wildman–Crippen LogP) is 1.06. The fraction of sp³-hybridized carbons (Fsp3) is 0.500. The van der Waals surface area contributed by atoms with Gasteiger partial charge in [0.15, 0.2) is 0 Å². The zero-order chi connectivity index (χ0) is 19.9. The molecule has 1 unspecified atom stereocenters. The van der Waals surface area contributed by atoms with Crippen molar-refractivity contribution in [3.05, 3.63) is 49.8 Å². The zero-order valence-corrected chi connectivity index (χ0v) is 17.2. The summed E-state index contributed by atoms with van der Waals surface area (Å²) in [7, 11) is -3.35. The average molecular weight is 423 g/mol. The molecule has 1 N–H and O–H groups in total. The number of H-pyrrole nitrogens is 1. The summed E-state index contributed by atoms with van der Waals surface area (Å²) in [6.45, 7) is 1.01. The molecule has 1 atom stereocenters. The number of aromatic nitrogens is 2. The minimum absolute atomic E-state index is 0.0130. The summed E-state index contributed by atoms with van der Waals surface area (Å²) >= 11 is 1.56. The van der Waals surface area contributed by atoms with Gasteiger partial charge in [-0.15, -0.1) is 0 Å². The Balaban J connectivity index is 1.61. The van der Waals surface area contributed by atoms with Crippen molar-refractivity contribution in [2.24, 2.45) is 0 Å². The molecule has 150 valence electrons. The summed E-state index contributed by atoms with van der Waals surface area (Å²) in [6, 6.07) is 1.66. The van der Waals surface area contributed by atoms with Crippen LogP contribution in [0.3, 0.4) is 0 Å². The Kier molecular flexibility index (Phi) is 5.11. The third-order valence-corrected chi connectivity index (χ3v) is 7.33. The van der Waals surface area contributed by atoms with Crippen molar-refractivity contribution < 1.29 is 13.2 Å². The molecular formula is C18H22N4O4S2. The molecule has 2 aliphatic rings. The first-order valence-corrected chi connectivity index (χ1v) is 12.0. The van der Waals surface area contributed by atoms with Crippen molar-refractivity contribution in [3.8, 4) is 0 Å². The van der Waals surface area contributed by atoms with Crippen LogP contribution in [0.2, 0.25) is 0 Å². The standard InChI is InChI=1S/C18H22N4O4S2/c1-28(25,26)21-7-4-13-14(10-21)19-17(20-18(13)24)15-3-2-6-22(15)16(23)9-12-5-8-27-11-12/h5,8,11,15H,2-4,6-7,9-10H2,1H3,(H,19,20,24). The van der Waals surface area contributed by atoms with Gasteiger partial charge in [-0.05, 0) is 41.7 Å². The summed E-state index contributed by atoms with van der Waals surface area (Å²) in [5, 5.41) is 3.90. The average Bonchev–Trinajstić information content (AvgIpc) is 3.32. The molecule has 8 nitrogen and oxygen atoms in total. The fourth-order valence-corrected chi connectivity index (χ4v) is 5.34. The van der Waals surface area contributed by atoms with Gasteiger partial charge in [-0.25, -0.2) is 13.4 Å². The topological polar surface area (TPSA) is 103 Å². The number of fused-ring (bicyclic) bond motifs is 1. The second-order valence-electron chi connectivity index (χ2n) is 7.28. The third kappa shape index (κ3) is 3.76. The van der Waals surface area contributed by atoms with Gasteiger partial charge in [-0.1, -0.05) is 0 Å². The Bertz CT molecular complexity index is 1050. The minimum atomic E-state index is -3.35. The number of carbonyl (C=O) groups excluding carboxylic acids is 1. The van der Waals surface area contributed by atoms with Crippen molar-refractivity contribution in [1.29, 1.82) is 0 Å². The van der Waals surface area contributed by atoms with Crippen LogP contribution in [0, 0.1) is 0 Å². The van der Waals surface area contributed by atoms with Gasteiger partial charge in [-0.3, -0.25) is 9.59 Å². The van der Waals surface area contributed by atoms with E-state index in [9.17, 15) is 18.0 Å². The van der Waals surface area contributed by atoms with Crippen LogP contribution in [0.1, 0.15) is 41.5 Å². The molecule has 0 saturated carbocycles. The second-order valence-corrected chi connectivity index (χ2v) is 10.0. The van der Waals surface area contributed by atoms with Crippen LogP contribution in [0.25, 0.3) is 0 Å². The number of thiophene rings is 1. The van der Waals surface area contributed by atoms with Crippen molar-refractivity contribution in [3.63, 3.8) is 0 Å². The van der Waals surface area contributed by atoms with Crippen LogP contribution < -0.4 is 5.56 Å².